The SMILES string of the molecule is COc1ccccc1OCC(=O)N1C[C@H]2[C@@H](CN3CCCC3)CO[C@H]2C1. The molecule has 4 rings (SSSR count). The minimum Gasteiger partial charge on any atom is -0.493 e. The van der Waals surface area contributed by atoms with Gasteiger partial charge in [0.05, 0.1) is 19.8 Å². The van der Waals surface area contributed by atoms with E-state index in [0.717, 1.165) is 19.7 Å². The Morgan fingerprint density at radius 1 is 1.19 bits per heavy atom. The fraction of sp³-hybridized carbons (Fsp3) is 0.650. The molecule has 6 heteroatoms. The quantitative estimate of drug-likeness (QED) is 0.772. The third-order valence-corrected chi connectivity index (χ3v) is 5.90. The second-order valence-electron chi connectivity index (χ2n) is 7.54. The number of methoxy groups -OCH3 is 1. The van der Waals surface area contributed by atoms with E-state index in [1.54, 1.807) is 7.11 Å². The molecule has 1 aromatic rings. The normalized spacial score (nSPS) is 28.3. The highest BCUT2D eigenvalue weighted by Gasteiger charge is 2.45. The number of hydrogen-bond acceptors (Lipinski definition) is 5. The van der Waals surface area contributed by atoms with Crippen LogP contribution in [0.1, 0.15) is 12.8 Å². The molecule has 0 aliphatic carbocycles. The number of carbonyl (C=O) groups is 1. The first-order chi connectivity index (χ1) is 12.7. The summed E-state index contributed by atoms with van der Waals surface area (Å²) in [7, 11) is 1.60. The average molecular weight is 360 g/mol. The van der Waals surface area contributed by atoms with Crippen LogP contribution in [0.2, 0.25) is 0 Å². The Hall–Kier alpha value is -1.79. The average Bonchev–Trinajstić information content (AvgIpc) is 3.39. The monoisotopic (exact) mass is 360 g/mol. The van der Waals surface area contributed by atoms with Crippen LogP contribution in [0.15, 0.2) is 24.3 Å². The molecule has 3 aliphatic rings. The van der Waals surface area contributed by atoms with Gasteiger partial charge in [-0.2, -0.15) is 0 Å². The summed E-state index contributed by atoms with van der Waals surface area (Å²) >= 11 is 0. The Labute approximate surface area is 155 Å². The van der Waals surface area contributed by atoms with Crippen molar-refractivity contribution in [2.24, 2.45) is 11.8 Å². The Balaban J connectivity index is 1.30. The van der Waals surface area contributed by atoms with Crippen LogP contribution in [0.25, 0.3) is 0 Å². The lowest BCUT2D eigenvalue weighted by Gasteiger charge is -2.24. The Kier molecular flexibility index (Phi) is 5.31. The number of fused-ring (bicyclic) bond motifs is 1. The van der Waals surface area contributed by atoms with Crippen molar-refractivity contribution < 1.29 is 19.0 Å². The molecule has 0 bridgehead atoms. The maximum atomic E-state index is 12.6. The summed E-state index contributed by atoms with van der Waals surface area (Å²) in [6, 6.07) is 7.41. The van der Waals surface area contributed by atoms with Gasteiger partial charge in [0, 0.05) is 31.5 Å². The molecule has 0 spiro atoms. The molecule has 0 radical (unpaired) electrons. The molecule has 1 amide bonds. The summed E-state index contributed by atoms with van der Waals surface area (Å²) in [5, 5.41) is 0. The van der Waals surface area contributed by atoms with E-state index in [2.05, 4.69) is 4.90 Å². The minimum absolute atomic E-state index is 0.0221. The first kappa shape index (κ1) is 17.6. The van der Waals surface area contributed by atoms with Gasteiger partial charge in [0.15, 0.2) is 18.1 Å². The molecule has 26 heavy (non-hydrogen) atoms. The highest BCUT2D eigenvalue weighted by Crippen LogP contribution is 2.35. The zero-order valence-corrected chi connectivity index (χ0v) is 15.4. The number of hydrogen-bond donors (Lipinski definition) is 0. The molecule has 142 valence electrons. The van der Waals surface area contributed by atoms with Crippen molar-refractivity contribution in [3.63, 3.8) is 0 Å². The van der Waals surface area contributed by atoms with Crippen LogP contribution < -0.4 is 9.47 Å². The van der Waals surface area contributed by atoms with Crippen LogP contribution in [0.5, 0.6) is 11.5 Å². The Morgan fingerprint density at radius 3 is 2.73 bits per heavy atom. The zero-order chi connectivity index (χ0) is 17.9. The molecule has 6 nitrogen and oxygen atoms in total. The lowest BCUT2D eigenvalue weighted by molar-refractivity contribution is -0.133. The summed E-state index contributed by atoms with van der Waals surface area (Å²) in [5.74, 6) is 2.28. The third kappa shape index (κ3) is 3.67. The van der Waals surface area contributed by atoms with Crippen molar-refractivity contribution in [1.82, 2.24) is 9.80 Å². The first-order valence-electron chi connectivity index (χ1n) is 9.62. The second kappa shape index (κ2) is 7.84. The van der Waals surface area contributed by atoms with Crippen LogP contribution in [-0.4, -0.2) is 74.9 Å². The molecular formula is C20H28N2O4. The van der Waals surface area contributed by atoms with E-state index < -0.39 is 0 Å². The van der Waals surface area contributed by atoms with Gasteiger partial charge in [0.2, 0.25) is 0 Å². The predicted molar refractivity (Wildman–Crippen MR) is 97.5 cm³/mol. The lowest BCUT2D eigenvalue weighted by Crippen LogP contribution is -2.36. The van der Waals surface area contributed by atoms with Crippen molar-refractivity contribution in [3.05, 3.63) is 24.3 Å². The van der Waals surface area contributed by atoms with Crippen LogP contribution in [0.4, 0.5) is 0 Å². The largest absolute Gasteiger partial charge is 0.493 e. The third-order valence-electron chi connectivity index (χ3n) is 5.90. The summed E-state index contributed by atoms with van der Waals surface area (Å²) in [6.07, 6.45) is 2.82. The van der Waals surface area contributed by atoms with Crippen LogP contribution >= 0.6 is 0 Å². The first-order valence-corrected chi connectivity index (χ1v) is 9.62. The number of para-hydroxylation sites is 2. The van der Waals surface area contributed by atoms with Gasteiger partial charge >= 0.3 is 0 Å². The van der Waals surface area contributed by atoms with Crippen molar-refractivity contribution in [3.8, 4) is 11.5 Å². The molecule has 3 fully saturated rings. The number of nitrogens with zero attached hydrogens (tertiary/aromatic N) is 2. The van der Waals surface area contributed by atoms with Gasteiger partial charge in [0.25, 0.3) is 5.91 Å². The summed E-state index contributed by atoms with van der Waals surface area (Å²) < 4.78 is 17.0. The molecule has 3 aliphatic heterocycles. The lowest BCUT2D eigenvalue weighted by atomic mass is 9.93. The van der Waals surface area contributed by atoms with Crippen molar-refractivity contribution in [1.29, 1.82) is 0 Å². The Bertz CT molecular complexity index is 632. The highest BCUT2D eigenvalue weighted by atomic mass is 16.5. The van der Waals surface area contributed by atoms with E-state index in [1.807, 2.05) is 29.2 Å². The number of ether oxygens (including phenoxy) is 3. The van der Waals surface area contributed by atoms with Gasteiger partial charge in [-0.25, -0.2) is 0 Å². The number of benzene rings is 1. The maximum Gasteiger partial charge on any atom is 0.260 e. The highest BCUT2D eigenvalue weighted by molar-refractivity contribution is 5.78. The van der Waals surface area contributed by atoms with Gasteiger partial charge in [-0.15, -0.1) is 0 Å². The van der Waals surface area contributed by atoms with E-state index in [4.69, 9.17) is 14.2 Å². The smallest absolute Gasteiger partial charge is 0.260 e. The molecule has 0 saturated carbocycles. The second-order valence-corrected chi connectivity index (χ2v) is 7.54. The fourth-order valence-corrected chi connectivity index (χ4v) is 4.46. The molecule has 0 N–H and O–H groups in total. The van der Waals surface area contributed by atoms with E-state index in [-0.39, 0.29) is 18.6 Å². The van der Waals surface area contributed by atoms with Crippen LogP contribution in [0.3, 0.4) is 0 Å². The summed E-state index contributed by atoms with van der Waals surface area (Å²) in [4.78, 5) is 17.0. The molecule has 3 heterocycles. The summed E-state index contributed by atoms with van der Waals surface area (Å²) in [5.41, 5.74) is 0. The van der Waals surface area contributed by atoms with Crippen molar-refractivity contribution >= 4 is 5.91 Å². The molecular weight excluding hydrogens is 332 g/mol. The van der Waals surface area contributed by atoms with E-state index in [0.29, 0.717) is 29.9 Å². The van der Waals surface area contributed by atoms with Crippen molar-refractivity contribution in [2.45, 2.75) is 18.9 Å². The zero-order valence-electron chi connectivity index (χ0n) is 15.4. The molecule has 3 saturated heterocycles. The molecule has 0 unspecified atom stereocenters. The molecule has 1 aromatic carbocycles. The number of amides is 1. The van der Waals surface area contributed by atoms with Crippen LogP contribution in [-0.2, 0) is 9.53 Å². The molecule has 0 aromatic heterocycles. The molecule has 3 atom stereocenters. The standard InChI is InChI=1S/C20H28N2O4/c1-24-17-6-2-3-7-18(17)26-14-20(23)22-11-16-15(13-25-19(16)12-22)10-21-8-4-5-9-21/h2-3,6-7,15-16,19H,4-5,8-14H2,1H3/t15-,16-,19-/m0/s1. The number of likely N-dealkylation sites (tertiary alicyclic amines) is 2. The van der Waals surface area contributed by atoms with Gasteiger partial charge in [-0.1, -0.05) is 12.1 Å². The summed E-state index contributed by atoms with van der Waals surface area (Å²) in [6.45, 7) is 5.89. The predicted octanol–water partition coefficient (Wildman–Crippen LogP) is 1.64. The van der Waals surface area contributed by atoms with Gasteiger partial charge in [0.1, 0.15) is 0 Å². The number of carbonyl (C=O) groups excluding carboxylic acids is 1. The van der Waals surface area contributed by atoms with Gasteiger partial charge in [-0.05, 0) is 38.1 Å². The topological polar surface area (TPSA) is 51.2 Å². The maximum absolute atomic E-state index is 12.6. The minimum atomic E-state index is 0.0221. The van der Waals surface area contributed by atoms with Crippen LogP contribution in [0, 0.1) is 11.8 Å². The van der Waals surface area contributed by atoms with Gasteiger partial charge in [-0.3, -0.25) is 4.79 Å². The van der Waals surface area contributed by atoms with E-state index >= 15 is 0 Å². The number of rotatable bonds is 6. The van der Waals surface area contributed by atoms with E-state index in [9.17, 15) is 4.79 Å². The van der Waals surface area contributed by atoms with Gasteiger partial charge < -0.3 is 24.0 Å². The van der Waals surface area contributed by atoms with Crippen molar-refractivity contribution in [2.75, 3.05) is 53.0 Å². The van der Waals surface area contributed by atoms with E-state index in [1.165, 1.54) is 25.9 Å². The Morgan fingerprint density at radius 2 is 1.96 bits per heavy atom. The fourth-order valence-electron chi connectivity index (χ4n) is 4.46.